The average Bonchev–Trinajstić information content (AvgIpc) is 3.23. The molecule has 0 aliphatic heterocycles. The van der Waals surface area contributed by atoms with E-state index in [4.69, 9.17) is 0 Å². The minimum Gasteiger partial charge on any atom is -0.302 e. The van der Waals surface area contributed by atoms with Crippen LogP contribution in [0.4, 0.5) is 5.69 Å². The maximum Gasteiger partial charge on any atom is 0.307 e. The Morgan fingerprint density at radius 3 is 2.95 bits per heavy atom. The quantitative estimate of drug-likeness (QED) is 0.390. The number of aromatic nitrogens is 5. The molecule has 0 fully saturated rings. The molecule has 0 aliphatic carbocycles. The topological polar surface area (TPSA) is 91.7 Å². The Hall–Kier alpha value is -2.20. The maximum absolute atomic E-state index is 10.6. The predicted molar refractivity (Wildman–Crippen MR) is 83.7 cm³/mol. The molecule has 3 heterocycles. The first kappa shape index (κ1) is 14.7. The van der Waals surface area contributed by atoms with E-state index in [9.17, 15) is 10.1 Å². The van der Waals surface area contributed by atoms with Gasteiger partial charge in [0, 0.05) is 6.54 Å². The molecule has 3 aromatic heterocycles. The van der Waals surface area contributed by atoms with Gasteiger partial charge in [0.1, 0.15) is 12.4 Å². The van der Waals surface area contributed by atoms with Gasteiger partial charge in [-0.1, -0.05) is 17.8 Å². The molecule has 0 bridgehead atoms. The van der Waals surface area contributed by atoms with E-state index in [0.717, 1.165) is 22.4 Å². The summed E-state index contributed by atoms with van der Waals surface area (Å²) in [6.45, 7) is 2.78. The predicted octanol–water partition coefficient (Wildman–Crippen LogP) is 2.88. The van der Waals surface area contributed by atoms with Crippen molar-refractivity contribution in [3.8, 4) is 10.7 Å². The zero-order valence-electron chi connectivity index (χ0n) is 11.6. The fraction of sp³-hybridized carbons (Fsp3) is 0.250. The van der Waals surface area contributed by atoms with Gasteiger partial charge in [0.25, 0.3) is 0 Å². The number of rotatable bonds is 6. The summed E-state index contributed by atoms with van der Waals surface area (Å²) in [6.07, 6.45) is 2.64. The summed E-state index contributed by atoms with van der Waals surface area (Å²) in [4.78, 5) is 11.2. The van der Waals surface area contributed by atoms with Gasteiger partial charge in [-0.05, 0) is 18.4 Å². The number of nitrogens with zero attached hydrogens (tertiary/aromatic N) is 6. The van der Waals surface area contributed by atoms with Gasteiger partial charge >= 0.3 is 5.69 Å². The number of hydrogen-bond acceptors (Lipinski definition) is 7. The van der Waals surface area contributed by atoms with Crippen molar-refractivity contribution in [1.82, 2.24) is 24.5 Å². The lowest BCUT2D eigenvalue weighted by molar-refractivity contribution is -0.385. The molecule has 0 aromatic carbocycles. The van der Waals surface area contributed by atoms with Crippen molar-refractivity contribution in [2.75, 3.05) is 0 Å². The Morgan fingerprint density at radius 1 is 1.45 bits per heavy atom. The Morgan fingerprint density at radius 2 is 2.32 bits per heavy atom. The zero-order chi connectivity index (χ0) is 15.5. The maximum atomic E-state index is 10.6. The van der Waals surface area contributed by atoms with Crippen molar-refractivity contribution in [3.63, 3.8) is 0 Å². The van der Waals surface area contributed by atoms with Gasteiger partial charge in [0.15, 0.2) is 11.0 Å². The highest BCUT2D eigenvalue weighted by Crippen LogP contribution is 2.27. The first-order valence-electron chi connectivity index (χ1n) is 6.45. The van der Waals surface area contributed by atoms with E-state index in [1.54, 1.807) is 11.3 Å². The van der Waals surface area contributed by atoms with Crippen LogP contribution in [0.3, 0.4) is 0 Å². The van der Waals surface area contributed by atoms with E-state index in [0.29, 0.717) is 5.88 Å². The van der Waals surface area contributed by atoms with E-state index < -0.39 is 4.92 Å². The van der Waals surface area contributed by atoms with E-state index in [-0.39, 0.29) is 5.69 Å². The first-order chi connectivity index (χ1) is 10.7. The molecule has 3 rings (SSSR count). The van der Waals surface area contributed by atoms with Crippen molar-refractivity contribution in [3.05, 3.63) is 40.0 Å². The van der Waals surface area contributed by atoms with Gasteiger partial charge in [0.2, 0.25) is 0 Å². The minimum atomic E-state index is -0.461. The summed E-state index contributed by atoms with van der Waals surface area (Å²) >= 11 is 3.05. The van der Waals surface area contributed by atoms with Gasteiger partial charge < -0.3 is 4.57 Å². The highest BCUT2D eigenvalue weighted by molar-refractivity contribution is 7.98. The molecule has 3 aromatic rings. The van der Waals surface area contributed by atoms with Crippen molar-refractivity contribution < 1.29 is 4.92 Å². The van der Waals surface area contributed by atoms with Gasteiger partial charge in [-0.2, -0.15) is 5.10 Å². The molecular formula is C12H12N6O2S2. The van der Waals surface area contributed by atoms with Crippen LogP contribution in [0.1, 0.15) is 6.92 Å². The Balaban J connectivity index is 1.76. The molecule has 0 amide bonds. The van der Waals surface area contributed by atoms with Crippen LogP contribution in [0, 0.1) is 10.1 Å². The molecule has 0 N–H and O–H groups in total. The molecule has 0 atom stereocenters. The SMILES string of the molecule is CCn1c(SCn2cc([N+](=O)[O-])cn2)nnc1-c1cccs1. The van der Waals surface area contributed by atoms with Crippen LogP contribution in [0.5, 0.6) is 0 Å². The lowest BCUT2D eigenvalue weighted by atomic mass is 10.4. The highest BCUT2D eigenvalue weighted by Gasteiger charge is 2.15. The fourth-order valence-corrected chi connectivity index (χ4v) is 3.49. The Kier molecular flexibility index (Phi) is 4.20. The molecule has 0 spiro atoms. The third kappa shape index (κ3) is 2.88. The number of thiophene rings is 1. The molecule has 22 heavy (non-hydrogen) atoms. The lowest BCUT2D eigenvalue weighted by Crippen LogP contribution is -2.01. The monoisotopic (exact) mass is 336 g/mol. The van der Waals surface area contributed by atoms with E-state index >= 15 is 0 Å². The summed E-state index contributed by atoms with van der Waals surface area (Å²) in [5.41, 5.74) is -0.0168. The van der Waals surface area contributed by atoms with E-state index in [1.165, 1.54) is 28.8 Å². The second kappa shape index (κ2) is 6.28. The summed E-state index contributed by atoms with van der Waals surface area (Å²) in [7, 11) is 0. The molecular weight excluding hydrogens is 324 g/mol. The van der Waals surface area contributed by atoms with Crippen LogP contribution in [0.2, 0.25) is 0 Å². The summed E-state index contributed by atoms with van der Waals surface area (Å²) in [5.74, 6) is 1.28. The van der Waals surface area contributed by atoms with Gasteiger partial charge in [-0.3, -0.25) is 14.8 Å². The molecule has 10 heteroatoms. The summed E-state index contributed by atoms with van der Waals surface area (Å²) < 4.78 is 3.54. The van der Waals surface area contributed by atoms with Crippen molar-refractivity contribution in [2.24, 2.45) is 0 Å². The zero-order valence-corrected chi connectivity index (χ0v) is 13.3. The van der Waals surface area contributed by atoms with Crippen LogP contribution in [-0.4, -0.2) is 29.5 Å². The molecule has 0 saturated heterocycles. The minimum absolute atomic E-state index is 0.0168. The van der Waals surface area contributed by atoms with Crippen molar-refractivity contribution in [2.45, 2.75) is 24.5 Å². The molecule has 0 unspecified atom stereocenters. The third-order valence-corrected chi connectivity index (χ3v) is 4.75. The highest BCUT2D eigenvalue weighted by atomic mass is 32.2. The van der Waals surface area contributed by atoms with Crippen LogP contribution >= 0.6 is 23.1 Å². The van der Waals surface area contributed by atoms with Crippen LogP contribution in [0.15, 0.2) is 35.1 Å². The molecule has 0 aliphatic rings. The van der Waals surface area contributed by atoms with Crippen LogP contribution in [0.25, 0.3) is 10.7 Å². The summed E-state index contributed by atoms with van der Waals surface area (Å²) in [6, 6.07) is 3.98. The van der Waals surface area contributed by atoms with E-state index in [1.807, 2.05) is 29.0 Å². The average molecular weight is 336 g/mol. The fourth-order valence-electron chi connectivity index (χ4n) is 1.91. The van der Waals surface area contributed by atoms with Gasteiger partial charge in [0.05, 0.1) is 15.7 Å². The molecule has 114 valence electrons. The smallest absolute Gasteiger partial charge is 0.302 e. The molecule has 8 nitrogen and oxygen atoms in total. The van der Waals surface area contributed by atoms with Crippen LogP contribution in [-0.2, 0) is 12.4 Å². The van der Waals surface area contributed by atoms with Crippen molar-refractivity contribution in [1.29, 1.82) is 0 Å². The molecule has 0 saturated carbocycles. The largest absolute Gasteiger partial charge is 0.307 e. The van der Waals surface area contributed by atoms with Crippen LogP contribution < -0.4 is 0 Å². The standard InChI is InChI=1S/C12H12N6O2S2/c1-2-17-11(10-4-3-5-21-10)14-15-12(17)22-8-16-7-9(6-13-16)18(19)20/h3-7H,2,8H2,1H3. The van der Waals surface area contributed by atoms with Gasteiger partial charge in [-0.15, -0.1) is 21.5 Å². The Bertz CT molecular complexity index is 780. The third-order valence-electron chi connectivity index (χ3n) is 2.93. The number of nitro groups is 1. The molecule has 0 radical (unpaired) electrons. The number of thioether (sulfide) groups is 1. The Labute approximate surface area is 133 Å². The lowest BCUT2D eigenvalue weighted by Gasteiger charge is -2.05. The normalized spacial score (nSPS) is 11.0. The second-order valence-electron chi connectivity index (χ2n) is 4.30. The number of hydrogen-bond donors (Lipinski definition) is 0. The second-order valence-corrected chi connectivity index (χ2v) is 6.16. The van der Waals surface area contributed by atoms with Crippen molar-refractivity contribution >= 4 is 28.8 Å². The first-order valence-corrected chi connectivity index (χ1v) is 8.32. The van der Waals surface area contributed by atoms with E-state index in [2.05, 4.69) is 15.3 Å². The van der Waals surface area contributed by atoms with Gasteiger partial charge in [-0.25, -0.2) is 0 Å². The summed E-state index contributed by atoms with van der Waals surface area (Å²) in [5, 5.41) is 25.8.